The van der Waals surface area contributed by atoms with Gasteiger partial charge in [0.25, 0.3) is 0 Å². The van der Waals surface area contributed by atoms with Crippen molar-refractivity contribution in [3.05, 3.63) is 12.2 Å². The Morgan fingerprint density at radius 1 is 1.30 bits per heavy atom. The first-order valence-electron chi connectivity index (χ1n) is 4.42. The maximum Gasteiger partial charge on any atom is -0.0233 e. The minimum atomic E-state index is 0.821. The van der Waals surface area contributed by atoms with Crippen molar-refractivity contribution in [1.29, 1.82) is 0 Å². The third-order valence-corrected chi connectivity index (χ3v) is 2.69. The molecule has 0 radical (unpaired) electrons. The fourth-order valence-corrected chi connectivity index (χ4v) is 1.83. The Morgan fingerprint density at radius 3 is 2.50 bits per heavy atom. The Bertz CT molecular complexity index is 124. The van der Waals surface area contributed by atoms with Crippen molar-refractivity contribution in [1.82, 2.24) is 0 Å². The van der Waals surface area contributed by atoms with Crippen molar-refractivity contribution in [3.63, 3.8) is 0 Å². The average molecular weight is 138 g/mol. The van der Waals surface area contributed by atoms with E-state index in [1.165, 1.54) is 12.8 Å². The summed E-state index contributed by atoms with van der Waals surface area (Å²) in [6.45, 7) is 6.94. The molecule has 58 valence electrons. The molecule has 0 aliphatic heterocycles. The molecule has 0 aromatic rings. The van der Waals surface area contributed by atoms with Gasteiger partial charge >= 0.3 is 0 Å². The van der Waals surface area contributed by atoms with E-state index in [1.807, 2.05) is 0 Å². The van der Waals surface area contributed by atoms with Crippen LogP contribution in [0.25, 0.3) is 0 Å². The van der Waals surface area contributed by atoms with E-state index >= 15 is 0 Å². The van der Waals surface area contributed by atoms with E-state index in [2.05, 4.69) is 32.9 Å². The van der Waals surface area contributed by atoms with Gasteiger partial charge in [-0.25, -0.2) is 0 Å². The molecule has 0 saturated carbocycles. The van der Waals surface area contributed by atoms with Crippen LogP contribution < -0.4 is 0 Å². The van der Waals surface area contributed by atoms with Crippen LogP contribution >= 0.6 is 0 Å². The van der Waals surface area contributed by atoms with Crippen LogP contribution in [0.4, 0.5) is 0 Å². The van der Waals surface area contributed by atoms with Gasteiger partial charge in [-0.1, -0.05) is 39.3 Å². The highest BCUT2D eigenvalue weighted by atomic mass is 14.2. The van der Waals surface area contributed by atoms with Gasteiger partial charge in [-0.3, -0.25) is 0 Å². The topological polar surface area (TPSA) is 0 Å². The van der Waals surface area contributed by atoms with Crippen molar-refractivity contribution in [2.24, 2.45) is 17.8 Å². The first-order chi connectivity index (χ1) is 4.74. The first-order valence-corrected chi connectivity index (χ1v) is 4.42. The van der Waals surface area contributed by atoms with E-state index < -0.39 is 0 Å². The standard InChI is InChI=1S/C10H18/c1-4-10-7-8(2)5-6-9(10)3/h5-6,8-10H,4,7H2,1-3H3. The van der Waals surface area contributed by atoms with Gasteiger partial charge in [-0.15, -0.1) is 0 Å². The summed E-state index contributed by atoms with van der Waals surface area (Å²) >= 11 is 0. The molecule has 0 aromatic heterocycles. The summed E-state index contributed by atoms with van der Waals surface area (Å²) in [4.78, 5) is 0. The van der Waals surface area contributed by atoms with Gasteiger partial charge in [-0.05, 0) is 24.2 Å². The first kappa shape index (κ1) is 7.84. The highest BCUT2D eigenvalue weighted by molar-refractivity contribution is 4.98. The molecule has 1 aliphatic carbocycles. The van der Waals surface area contributed by atoms with Gasteiger partial charge in [0.05, 0.1) is 0 Å². The van der Waals surface area contributed by atoms with Crippen LogP contribution in [0.15, 0.2) is 12.2 Å². The molecular formula is C10H18. The van der Waals surface area contributed by atoms with Gasteiger partial charge in [0.1, 0.15) is 0 Å². The molecular weight excluding hydrogens is 120 g/mol. The largest absolute Gasteiger partial charge is 0.0854 e. The van der Waals surface area contributed by atoms with Crippen molar-refractivity contribution in [2.75, 3.05) is 0 Å². The van der Waals surface area contributed by atoms with Crippen LogP contribution in [0.1, 0.15) is 33.6 Å². The van der Waals surface area contributed by atoms with Gasteiger partial charge in [-0.2, -0.15) is 0 Å². The lowest BCUT2D eigenvalue weighted by Gasteiger charge is -2.26. The van der Waals surface area contributed by atoms with Crippen molar-refractivity contribution in [3.8, 4) is 0 Å². The number of allylic oxidation sites excluding steroid dienone is 2. The lowest BCUT2D eigenvalue weighted by Crippen LogP contribution is -2.16. The van der Waals surface area contributed by atoms with E-state index in [9.17, 15) is 0 Å². The highest BCUT2D eigenvalue weighted by Crippen LogP contribution is 2.29. The van der Waals surface area contributed by atoms with Gasteiger partial charge in [0, 0.05) is 0 Å². The molecule has 0 N–H and O–H groups in total. The normalized spacial score (nSPS) is 40.1. The molecule has 1 rings (SSSR count). The van der Waals surface area contributed by atoms with Crippen LogP contribution in [0.3, 0.4) is 0 Å². The van der Waals surface area contributed by atoms with Crippen LogP contribution in [0, 0.1) is 17.8 Å². The smallest absolute Gasteiger partial charge is 0.0233 e. The molecule has 0 amide bonds. The molecule has 0 spiro atoms. The zero-order valence-electron chi connectivity index (χ0n) is 7.30. The lowest BCUT2D eigenvalue weighted by molar-refractivity contribution is 0.326. The maximum atomic E-state index is 2.38. The molecule has 10 heavy (non-hydrogen) atoms. The average Bonchev–Trinajstić information content (AvgIpc) is 1.94. The monoisotopic (exact) mass is 138 g/mol. The second kappa shape index (κ2) is 3.23. The lowest BCUT2D eigenvalue weighted by atomic mass is 9.79. The molecule has 3 unspecified atom stereocenters. The molecule has 0 heterocycles. The third-order valence-electron chi connectivity index (χ3n) is 2.69. The van der Waals surface area contributed by atoms with Gasteiger partial charge < -0.3 is 0 Å². The predicted octanol–water partition coefficient (Wildman–Crippen LogP) is 3.24. The quantitative estimate of drug-likeness (QED) is 0.488. The van der Waals surface area contributed by atoms with Crippen LogP contribution in [0.2, 0.25) is 0 Å². The Balaban J connectivity index is 2.53. The number of hydrogen-bond donors (Lipinski definition) is 0. The number of hydrogen-bond acceptors (Lipinski definition) is 0. The van der Waals surface area contributed by atoms with Gasteiger partial charge in [0.2, 0.25) is 0 Å². The summed E-state index contributed by atoms with van der Waals surface area (Å²) in [5.41, 5.74) is 0. The fourth-order valence-electron chi connectivity index (χ4n) is 1.83. The molecule has 0 saturated heterocycles. The number of rotatable bonds is 1. The molecule has 0 bridgehead atoms. The van der Waals surface area contributed by atoms with Crippen molar-refractivity contribution in [2.45, 2.75) is 33.6 Å². The molecule has 0 aromatic carbocycles. The third kappa shape index (κ3) is 1.62. The van der Waals surface area contributed by atoms with Crippen LogP contribution in [-0.4, -0.2) is 0 Å². The van der Waals surface area contributed by atoms with E-state index in [4.69, 9.17) is 0 Å². The van der Waals surface area contributed by atoms with Crippen molar-refractivity contribution < 1.29 is 0 Å². The second-order valence-corrected chi connectivity index (χ2v) is 3.63. The van der Waals surface area contributed by atoms with E-state index in [1.54, 1.807) is 0 Å². The molecule has 1 aliphatic rings. The predicted molar refractivity (Wildman–Crippen MR) is 45.9 cm³/mol. The van der Waals surface area contributed by atoms with Crippen molar-refractivity contribution >= 4 is 0 Å². The molecule has 0 nitrogen and oxygen atoms in total. The van der Waals surface area contributed by atoms with E-state index in [0.717, 1.165) is 17.8 Å². The Morgan fingerprint density at radius 2 is 2.00 bits per heavy atom. The SMILES string of the molecule is CCC1CC(C)C=CC1C. The minimum absolute atomic E-state index is 0.821. The summed E-state index contributed by atoms with van der Waals surface area (Å²) in [6.07, 6.45) is 7.48. The van der Waals surface area contributed by atoms with Gasteiger partial charge in [0.15, 0.2) is 0 Å². The summed E-state index contributed by atoms with van der Waals surface area (Å²) < 4.78 is 0. The Labute approximate surface area is 64.3 Å². The second-order valence-electron chi connectivity index (χ2n) is 3.63. The minimum Gasteiger partial charge on any atom is -0.0854 e. The molecule has 0 heteroatoms. The zero-order valence-corrected chi connectivity index (χ0v) is 7.30. The zero-order chi connectivity index (χ0) is 7.56. The highest BCUT2D eigenvalue weighted by Gasteiger charge is 2.18. The maximum absolute atomic E-state index is 2.38. The summed E-state index contributed by atoms with van der Waals surface area (Å²) in [6, 6.07) is 0. The summed E-state index contributed by atoms with van der Waals surface area (Å²) in [5, 5.41) is 0. The Kier molecular flexibility index (Phi) is 2.53. The molecule has 3 atom stereocenters. The van der Waals surface area contributed by atoms with E-state index in [0.29, 0.717) is 0 Å². The van der Waals surface area contributed by atoms with E-state index in [-0.39, 0.29) is 0 Å². The van der Waals surface area contributed by atoms with Crippen LogP contribution in [-0.2, 0) is 0 Å². The molecule has 0 fully saturated rings. The van der Waals surface area contributed by atoms with Crippen LogP contribution in [0.5, 0.6) is 0 Å². The Hall–Kier alpha value is -0.260. The summed E-state index contributed by atoms with van der Waals surface area (Å²) in [5.74, 6) is 2.59. The fraction of sp³-hybridized carbons (Fsp3) is 0.800. The summed E-state index contributed by atoms with van der Waals surface area (Å²) in [7, 11) is 0.